The molecule has 0 aromatic heterocycles. The highest BCUT2D eigenvalue weighted by Crippen LogP contribution is 2.29. The minimum absolute atomic E-state index is 0.588. The Labute approximate surface area is 93.6 Å². The van der Waals surface area contributed by atoms with Gasteiger partial charge in [0.25, 0.3) is 0 Å². The average molecular weight is 215 g/mol. The van der Waals surface area contributed by atoms with E-state index in [1.165, 1.54) is 50.4 Å². The third kappa shape index (κ3) is 3.82. The van der Waals surface area contributed by atoms with Crippen molar-refractivity contribution >= 4 is 11.8 Å². The largest absolute Gasteiger partial charge is 0.302 e. The Morgan fingerprint density at radius 2 is 1.71 bits per heavy atom. The van der Waals surface area contributed by atoms with E-state index in [0.717, 1.165) is 0 Å². The van der Waals surface area contributed by atoms with Gasteiger partial charge in [-0.25, -0.2) is 0 Å². The normalized spacial score (nSPS) is 19.9. The van der Waals surface area contributed by atoms with Gasteiger partial charge in [-0.3, -0.25) is 0 Å². The number of nitrogens with zero attached hydrogens (tertiary/aromatic N) is 1. The summed E-state index contributed by atoms with van der Waals surface area (Å²) in [6, 6.07) is 0. The molecule has 14 heavy (non-hydrogen) atoms. The molecule has 0 N–H and O–H groups in total. The topological polar surface area (TPSA) is 3.24 Å². The highest BCUT2D eigenvalue weighted by atomic mass is 32.2. The molecule has 1 nitrogen and oxygen atoms in total. The van der Waals surface area contributed by atoms with Crippen LogP contribution >= 0.6 is 11.8 Å². The minimum atomic E-state index is 0.588. The molecule has 0 saturated carbocycles. The van der Waals surface area contributed by atoms with Gasteiger partial charge in [0.1, 0.15) is 0 Å². The SMILES string of the molecule is CCC(C)(CC)CCN1CCSCC1. The van der Waals surface area contributed by atoms with Gasteiger partial charge in [-0.1, -0.05) is 33.6 Å². The standard InChI is InChI=1S/C12H25NS/c1-4-12(3,5-2)6-7-13-8-10-14-11-9-13/h4-11H2,1-3H3. The molecule has 1 saturated heterocycles. The predicted octanol–water partition coefficient (Wildman–Crippen LogP) is 3.25. The number of hydrogen-bond donors (Lipinski definition) is 0. The van der Waals surface area contributed by atoms with E-state index < -0.39 is 0 Å². The molecular formula is C12H25NS. The molecule has 0 aromatic carbocycles. The molecule has 1 fully saturated rings. The van der Waals surface area contributed by atoms with Crippen molar-refractivity contribution < 1.29 is 0 Å². The van der Waals surface area contributed by atoms with E-state index in [2.05, 4.69) is 37.4 Å². The van der Waals surface area contributed by atoms with E-state index >= 15 is 0 Å². The highest BCUT2D eigenvalue weighted by molar-refractivity contribution is 7.99. The second-order valence-corrected chi connectivity index (χ2v) is 5.95. The Morgan fingerprint density at radius 3 is 2.21 bits per heavy atom. The fraction of sp³-hybridized carbons (Fsp3) is 1.00. The van der Waals surface area contributed by atoms with Crippen molar-refractivity contribution in [3.63, 3.8) is 0 Å². The summed E-state index contributed by atoms with van der Waals surface area (Å²) in [4.78, 5) is 2.64. The molecule has 0 spiro atoms. The van der Waals surface area contributed by atoms with Gasteiger partial charge in [0, 0.05) is 24.6 Å². The van der Waals surface area contributed by atoms with Crippen molar-refractivity contribution in [1.29, 1.82) is 0 Å². The van der Waals surface area contributed by atoms with E-state index in [0.29, 0.717) is 5.41 Å². The molecule has 2 heteroatoms. The van der Waals surface area contributed by atoms with Crippen LogP contribution in [-0.2, 0) is 0 Å². The molecule has 1 heterocycles. The second kappa shape index (κ2) is 6.02. The summed E-state index contributed by atoms with van der Waals surface area (Å²) in [6.45, 7) is 11.0. The van der Waals surface area contributed by atoms with Crippen LogP contribution in [0.1, 0.15) is 40.0 Å². The van der Waals surface area contributed by atoms with E-state index in [1.54, 1.807) is 0 Å². The summed E-state index contributed by atoms with van der Waals surface area (Å²) in [5.74, 6) is 2.68. The van der Waals surface area contributed by atoms with Crippen molar-refractivity contribution in [2.24, 2.45) is 5.41 Å². The Hall–Kier alpha value is 0.310. The summed E-state index contributed by atoms with van der Waals surface area (Å²) >= 11 is 2.10. The maximum Gasteiger partial charge on any atom is 0.00727 e. The third-order valence-corrected chi connectivity index (χ3v) is 4.78. The zero-order valence-corrected chi connectivity index (χ0v) is 10.8. The summed E-state index contributed by atoms with van der Waals surface area (Å²) in [5, 5.41) is 0. The first-order chi connectivity index (χ1) is 6.70. The predicted molar refractivity (Wildman–Crippen MR) is 67.1 cm³/mol. The number of hydrogen-bond acceptors (Lipinski definition) is 2. The van der Waals surface area contributed by atoms with Crippen LogP contribution in [0.4, 0.5) is 0 Å². The lowest BCUT2D eigenvalue weighted by atomic mass is 9.81. The van der Waals surface area contributed by atoms with Crippen molar-refractivity contribution in [3.05, 3.63) is 0 Å². The van der Waals surface area contributed by atoms with Crippen molar-refractivity contribution in [1.82, 2.24) is 4.90 Å². The van der Waals surface area contributed by atoms with E-state index in [4.69, 9.17) is 0 Å². The van der Waals surface area contributed by atoms with E-state index in [9.17, 15) is 0 Å². The second-order valence-electron chi connectivity index (χ2n) is 4.72. The zero-order valence-electron chi connectivity index (χ0n) is 10.0. The van der Waals surface area contributed by atoms with E-state index in [-0.39, 0.29) is 0 Å². The number of rotatable bonds is 5. The molecule has 1 rings (SSSR count). The zero-order chi connectivity index (χ0) is 10.4. The summed E-state index contributed by atoms with van der Waals surface area (Å²) in [5.41, 5.74) is 0.588. The van der Waals surface area contributed by atoms with Crippen LogP contribution < -0.4 is 0 Å². The van der Waals surface area contributed by atoms with Gasteiger partial charge in [0.2, 0.25) is 0 Å². The molecule has 0 radical (unpaired) electrons. The third-order valence-electron chi connectivity index (χ3n) is 3.84. The Balaban J connectivity index is 2.23. The molecule has 1 aliphatic rings. The maximum absolute atomic E-state index is 2.64. The van der Waals surface area contributed by atoms with Gasteiger partial charge in [0.05, 0.1) is 0 Å². The van der Waals surface area contributed by atoms with Crippen LogP contribution in [0.15, 0.2) is 0 Å². The Kier molecular flexibility index (Phi) is 5.32. The molecule has 0 atom stereocenters. The molecule has 0 aliphatic carbocycles. The van der Waals surface area contributed by atoms with Crippen LogP contribution in [0, 0.1) is 5.41 Å². The average Bonchev–Trinajstić information content (AvgIpc) is 2.27. The van der Waals surface area contributed by atoms with Crippen LogP contribution in [0.25, 0.3) is 0 Å². The molecular weight excluding hydrogens is 190 g/mol. The van der Waals surface area contributed by atoms with Crippen molar-refractivity contribution in [3.8, 4) is 0 Å². The fourth-order valence-electron chi connectivity index (χ4n) is 1.86. The molecule has 0 amide bonds. The first-order valence-electron chi connectivity index (χ1n) is 6.00. The lowest BCUT2D eigenvalue weighted by molar-refractivity contribution is 0.205. The first-order valence-corrected chi connectivity index (χ1v) is 7.16. The Bertz CT molecular complexity index is 148. The molecule has 1 aliphatic heterocycles. The van der Waals surface area contributed by atoms with Crippen LogP contribution in [0.5, 0.6) is 0 Å². The fourth-order valence-corrected chi connectivity index (χ4v) is 2.84. The molecule has 0 aromatic rings. The number of thioether (sulfide) groups is 1. The van der Waals surface area contributed by atoms with Gasteiger partial charge >= 0.3 is 0 Å². The van der Waals surface area contributed by atoms with Crippen molar-refractivity contribution in [2.75, 3.05) is 31.1 Å². The lowest BCUT2D eigenvalue weighted by Gasteiger charge is -2.32. The summed E-state index contributed by atoms with van der Waals surface area (Å²) < 4.78 is 0. The van der Waals surface area contributed by atoms with Gasteiger partial charge in [-0.15, -0.1) is 0 Å². The molecule has 0 bridgehead atoms. The van der Waals surface area contributed by atoms with Gasteiger partial charge < -0.3 is 4.90 Å². The lowest BCUT2D eigenvalue weighted by Crippen LogP contribution is -2.35. The van der Waals surface area contributed by atoms with Gasteiger partial charge in [0.15, 0.2) is 0 Å². The molecule has 0 unspecified atom stereocenters. The molecule has 84 valence electrons. The van der Waals surface area contributed by atoms with E-state index in [1.807, 2.05) is 0 Å². The summed E-state index contributed by atoms with van der Waals surface area (Å²) in [7, 11) is 0. The van der Waals surface area contributed by atoms with Crippen LogP contribution in [-0.4, -0.2) is 36.0 Å². The van der Waals surface area contributed by atoms with Crippen LogP contribution in [0.3, 0.4) is 0 Å². The quantitative estimate of drug-likeness (QED) is 0.692. The minimum Gasteiger partial charge on any atom is -0.302 e. The van der Waals surface area contributed by atoms with Crippen LogP contribution in [0.2, 0.25) is 0 Å². The Morgan fingerprint density at radius 1 is 1.14 bits per heavy atom. The monoisotopic (exact) mass is 215 g/mol. The maximum atomic E-state index is 2.64. The van der Waals surface area contributed by atoms with Crippen molar-refractivity contribution in [2.45, 2.75) is 40.0 Å². The van der Waals surface area contributed by atoms with Gasteiger partial charge in [-0.2, -0.15) is 11.8 Å². The smallest absolute Gasteiger partial charge is 0.00727 e. The van der Waals surface area contributed by atoms with Gasteiger partial charge in [-0.05, 0) is 18.4 Å². The highest BCUT2D eigenvalue weighted by Gasteiger charge is 2.21. The summed E-state index contributed by atoms with van der Waals surface area (Å²) in [6.07, 6.45) is 4.03. The first kappa shape index (κ1) is 12.4.